The van der Waals surface area contributed by atoms with Crippen LogP contribution in [-0.2, 0) is 4.79 Å². The van der Waals surface area contributed by atoms with Gasteiger partial charge >= 0.3 is 0 Å². The van der Waals surface area contributed by atoms with Crippen molar-refractivity contribution in [3.05, 3.63) is 82.1 Å². The number of amides is 1. The molecular weight excluding hydrogens is 398 g/mol. The zero-order chi connectivity index (χ0) is 22.2. The van der Waals surface area contributed by atoms with Crippen molar-refractivity contribution in [3.63, 3.8) is 0 Å². The first-order valence-electron chi connectivity index (χ1n) is 9.85. The molecule has 0 saturated heterocycles. The van der Waals surface area contributed by atoms with Gasteiger partial charge in [0, 0.05) is 17.7 Å². The molecule has 3 aromatic rings. The Balaban J connectivity index is 1.48. The first kappa shape index (κ1) is 21.8. The molecule has 1 N–H and O–H groups in total. The summed E-state index contributed by atoms with van der Waals surface area (Å²) in [7, 11) is 0. The quantitative estimate of drug-likeness (QED) is 0.300. The summed E-state index contributed by atoms with van der Waals surface area (Å²) in [5.41, 5.74) is 4.32. The number of benzene rings is 2. The average molecular weight is 421 g/mol. The van der Waals surface area contributed by atoms with Crippen LogP contribution in [0.25, 0.3) is 11.3 Å². The maximum Gasteiger partial charge on any atom is 0.277 e. The zero-order valence-corrected chi connectivity index (χ0v) is 17.3. The molecule has 1 aromatic heterocycles. The van der Waals surface area contributed by atoms with Crippen molar-refractivity contribution >= 4 is 17.8 Å². The van der Waals surface area contributed by atoms with Crippen molar-refractivity contribution < 1.29 is 18.9 Å². The van der Waals surface area contributed by atoms with Gasteiger partial charge in [-0.2, -0.15) is 5.10 Å². The van der Waals surface area contributed by atoms with Gasteiger partial charge < -0.3 is 9.15 Å². The lowest BCUT2D eigenvalue weighted by Gasteiger charge is -2.10. The minimum absolute atomic E-state index is 0.00786. The number of nitrogens with zero attached hydrogens (tertiary/aromatic N) is 2. The van der Waals surface area contributed by atoms with E-state index in [-0.39, 0.29) is 12.3 Å². The minimum atomic E-state index is -0.460. The molecule has 1 amide bonds. The van der Waals surface area contributed by atoms with Gasteiger partial charge in [-0.3, -0.25) is 14.9 Å². The molecule has 0 spiro atoms. The van der Waals surface area contributed by atoms with Gasteiger partial charge in [-0.25, -0.2) is 5.43 Å². The molecule has 0 fully saturated rings. The highest BCUT2D eigenvalue weighted by molar-refractivity contribution is 5.81. The molecule has 3 rings (SSSR count). The van der Waals surface area contributed by atoms with Crippen molar-refractivity contribution in [1.82, 2.24) is 5.43 Å². The van der Waals surface area contributed by atoms with Gasteiger partial charge in [0.25, 0.3) is 11.6 Å². The van der Waals surface area contributed by atoms with Crippen LogP contribution in [0.15, 0.2) is 70.2 Å². The van der Waals surface area contributed by atoms with Gasteiger partial charge in [0.05, 0.1) is 11.1 Å². The Morgan fingerprint density at radius 3 is 2.52 bits per heavy atom. The Bertz CT molecular complexity index is 1060. The maximum atomic E-state index is 11.9. The van der Waals surface area contributed by atoms with Crippen LogP contribution in [-0.4, -0.2) is 23.7 Å². The molecule has 0 aliphatic heterocycles. The lowest BCUT2D eigenvalue weighted by molar-refractivity contribution is -0.384. The lowest BCUT2D eigenvalue weighted by atomic mass is 9.99. The summed E-state index contributed by atoms with van der Waals surface area (Å²) in [6, 6.07) is 17.1. The zero-order valence-electron chi connectivity index (χ0n) is 17.3. The molecule has 0 bridgehead atoms. The Morgan fingerprint density at radius 2 is 1.87 bits per heavy atom. The fraction of sp³-hybridized carbons (Fsp3) is 0.217. The summed E-state index contributed by atoms with van der Waals surface area (Å²) in [6.07, 6.45) is 2.43. The van der Waals surface area contributed by atoms with Gasteiger partial charge in [-0.05, 0) is 54.3 Å². The molecule has 1 atom stereocenters. The maximum absolute atomic E-state index is 11.9. The molecule has 8 nitrogen and oxygen atoms in total. The summed E-state index contributed by atoms with van der Waals surface area (Å²) in [6.45, 7) is 4.14. The molecule has 0 radical (unpaired) electrons. The van der Waals surface area contributed by atoms with E-state index in [2.05, 4.69) is 24.4 Å². The molecule has 160 valence electrons. The summed E-state index contributed by atoms with van der Waals surface area (Å²) in [5, 5.41) is 14.6. The van der Waals surface area contributed by atoms with Crippen molar-refractivity contribution in [2.45, 2.75) is 26.2 Å². The van der Waals surface area contributed by atoms with E-state index in [1.807, 2.05) is 24.3 Å². The number of ether oxygens (including phenoxy) is 1. The number of rotatable bonds is 9. The van der Waals surface area contributed by atoms with Gasteiger partial charge in [0.15, 0.2) is 6.61 Å². The second-order valence-electron chi connectivity index (χ2n) is 6.97. The predicted octanol–water partition coefficient (Wildman–Crippen LogP) is 4.90. The number of nitro benzene ring substituents is 1. The number of non-ortho nitro benzene ring substituents is 1. The molecule has 0 aliphatic carbocycles. The monoisotopic (exact) mass is 421 g/mol. The molecule has 1 heterocycles. The highest BCUT2D eigenvalue weighted by Gasteiger charge is 2.08. The number of nitro groups is 1. The van der Waals surface area contributed by atoms with Gasteiger partial charge in [-0.1, -0.05) is 26.0 Å². The predicted molar refractivity (Wildman–Crippen MR) is 117 cm³/mol. The summed E-state index contributed by atoms with van der Waals surface area (Å²) in [5.74, 6) is 1.66. The van der Waals surface area contributed by atoms with Crippen LogP contribution >= 0.6 is 0 Å². The Kier molecular flexibility index (Phi) is 7.16. The Hall–Kier alpha value is -3.94. The standard InChI is InChI=1S/C23H23N3O5/c1-3-16(2)17-6-10-20(11-7-17)30-15-23(27)25-24-14-21-12-13-22(31-21)18-4-8-19(9-5-18)26(28)29/h4-14,16H,3,15H2,1-2H3,(H,25,27)/b24-14+. The number of furan rings is 1. The molecule has 0 aliphatic rings. The third-order valence-electron chi connectivity index (χ3n) is 4.80. The van der Waals surface area contributed by atoms with Crippen LogP contribution in [0.1, 0.15) is 37.5 Å². The second-order valence-corrected chi connectivity index (χ2v) is 6.97. The van der Waals surface area contributed by atoms with Crippen molar-refractivity contribution in [1.29, 1.82) is 0 Å². The van der Waals surface area contributed by atoms with Crippen LogP contribution in [0.4, 0.5) is 5.69 Å². The van der Waals surface area contributed by atoms with Crippen molar-refractivity contribution in [2.24, 2.45) is 5.10 Å². The van der Waals surface area contributed by atoms with E-state index in [9.17, 15) is 14.9 Å². The number of carbonyl (C=O) groups excluding carboxylic acids is 1. The smallest absolute Gasteiger partial charge is 0.277 e. The Labute approximate surface area is 179 Å². The summed E-state index contributed by atoms with van der Waals surface area (Å²) < 4.78 is 11.1. The lowest BCUT2D eigenvalue weighted by Crippen LogP contribution is -2.24. The number of hydrogen-bond acceptors (Lipinski definition) is 6. The fourth-order valence-corrected chi connectivity index (χ4v) is 2.80. The van der Waals surface area contributed by atoms with E-state index in [1.165, 1.54) is 23.9 Å². The topological polar surface area (TPSA) is 107 Å². The van der Waals surface area contributed by atoms with E-state index in [0.717, 1.165) is 6.42 Å². The van der Waals surface area contributed by atoms with Crippen LogP contribution in [0.3, 0.4) is 0 Å². The van der Waals surface area contributed by atoms with Crippen molar-refractivity contribution in [3.8, 4) is 17.1 Å². The van der Waals surface area contributed by atoms with Crippen molar-refractivity contribution in [2.75, 3.05) is 6.61 Å². The number of nitrogens with one attached hydrogen (secondary N) is 1. The van der Waals surface area contributed by atoms with E-state index >= 15 is 0 Å². The minimum Gasteiger partial charge on any atom is -0.484 e. The summed E-state index contributed by atoms with van der Waals surface area (Å²) >= 11 is 0. The molecule has 0 saturated carbocycles. The van der Waals surface area contributed by atoms with Crippen LogP contribution in [0.2, 0.25) is 0 Å². The van der Waals surface area contributed by atoms with E-state index < -0.39 is 10.8 Å². The average Bonchev–Trinajstić information content (AvgIpc) is 3.26. The number of hydrazone groups is 1. The fourth-order valence-electron chi connectivity index (χ4n) is 2.80. The number of carbonyl (C=O) groups is 1. The SMILES string of the molecule is CCC(C)c1ccc(OCC(=O)N/N=C/c2ccc(-c3ccc([N+](=O)[O-])cc3)o2)cc1. The summed E-state index contributed by atoms with van der Waals surface area (Å²) in [4.78, 5) is 22.2. The largest absolute Gasteiger partial charge is 0.484 e. The van der Waals surface area contributed by atoms with E-state index in [1.54, 1.807) is 24.3 Å². The van der Waals surface area contributed by atoms with Crippen LogP contribution < -0.4 is 10.2 Å². The number of hydrogen-bond donors (Lipinski definition) is 1. The van der Waals surface area contributed by atoms with Gasteiger partial charge in [0.1, 0.15) is 17.3 Å². The van der Waals surface area contributed by atoms with E-state index in [4.69, 9.17) is 9.15 Å². The van der Waals surface area contributed by atoms with Gasteiger partial charge in [-0.15, -0.1) is 0 Å². The highest BCUT2D eigenvalue weighted by atomic mass is 16.6. The third-order valence-corrected chi connectivity index (χ3v) is 4.80. The van der Waals surface area contributed by atoms with E-state index in [0.29, 0.717) is 28.8 Å². The third kappa shape index (κ3) is 6.02. The van der Waals surface area contributed by atoms with Gasteiger partial charge in [0.2, 0.25) is 0 Å². The second kappa shape index (κ2) is 10.2. The first-order valence-corrected chi connectivity index (χ1v) is 9.85. The molecule has 8 heteroatoms. The molecule has 1 unspecified atom stereocenters. The Morgan fingerprint density at radius 1 is 1.16 bits per heavy atom. The molecule has 2 aromatic carbocycles. The molecular formula is C23H23N3O5. The van der Waals surface area contributed by atoms with Crippen LogP contribution in [0.5, 0.6) is 5.75 Å². The normalized spacial score (nSPS) is 11.9. The highest BCUT2D eigenvalue weighted by Crippen LogP contribution is 2.24. The van der Waals surface area contributed by atoms with Crippen LogP contribution in [0, 0.1) is 10.1 Å². The first-order chi connectivity index (χ1) is 15.0. The molecule has 31 heavy (non-hydrogen) atoms.